The number of ether oxygens (including phenoxy) is 2. The number of hydrogen-bond donors (Lipinski definition) is 2. The summed E-state index contributed by atoms with van der Waals surface area (Å²) in [6.07, 6.45) is 1.90. The van der Waals surface area contributed by atoms with Crippen LogP contribution in [-0.4, -0.2) is 24.8 Å². The fourth-order valence-corrected chi connectivity index (χ4v) is 2.78. The number of phenols is 1. The highest BCUT2D eigenvalue weighted by Crippen LogP contribution is 2.18. The molecule has 0 aliphatic heterocycles. The summed E-state index contributed by atoms with van der Waals surface area (Å²) in [5.74, 6) is 2.01. The van der Waals surface area contributed by atoms with Crippen molar-refractivity contribution in [2.24, 2.45) is 0 Å². The maximum atomic E-state index is 9.27. The Morgan fingerprint density at radius 1 is 0.679 bits per heavy atom. The van der Waals surface area contributed by atoms with Gasteiger partial charge in [-0.25, -0.2) is 0 Å². The second-order valence-electron chi connectivity index (χ2n) is 6.61. The molecule has 0 amide bonds. The van der Waals surface area contributed by atoms with Crippen molar-refractivity contribution in [2.45, 2.75) is 19.4 Å². The first-order valence-electron chi connectivity index (χ1n) is 9.68. The van der Waals surface area contributed by atoms with E-state index in [0.717, 1.165) is 43.0 Å². The van der Waals surface area contributed by atoms with Gasteiger partial charge in [-0.15, -0.1) is 0 Å². The van der Waals surface area contributed by atoms with Crippen LogP contribution in [0.5, 0.6) is 17.2 Å². The molecule has 0 aromatic heterocycles. The fraction of sp³-hybridized carbons (Fsp3) is 0.250. The first-order chi connectivity index (χ1) is 13.8. The molecule has 0 fully saturated rings. The minimum atomic E-state index is 0.310. The van der Waals surface area contributed by atoms with Crippen LogP contribution in [0.3, 0.4) is 0 Å². The molecule has 28 heavy (non-hydrogen) atoms. The van der Waals surface area contributed by atoms with Crippen LogP contribution in [0.1, 0.15) is 17.5 Å². The summed E-state index contributed by atoms with van der Waals surface area (Å²) in [5, 5.41) is 12.7. The highest BCUT2D eigenvalue weighted by atomic mass is 16.5. The number of hydrogen-bond acceptors (Lipinski definition) is 4. The average Bonchev–Trinajstić information content (AvgIpc) is 2.74. The Balaban J connectivity index is 1.26. The lowest BCUT2D eigenvalue weighted by atomic mass is 10.1. The van der Waals surface area contributed by atoms with Gasteiger partial charge in [0.1, 0.15) is 23.9 Å². The SMILES string of the molecule is Oc1ccc(CCNCCCOc2ccc(OCc3ccccc3)cc2)cc1. The Morgan fingerprint density at radius 3 is 2.07 bits per heavy atom. The lowest BCUT2D eigenvalue weighted by molar-refractivity contribution is 0.298. The van der Waals surface area contributed by atoms with E-state index < -0.39 is 0 Å². The molecule has 0 heterocycles. The molecule has 2 N–H and O–H groups in total. The van der Waals surface area contributed by atoms with Crippen molar-refractivity contribution < 1.29 is 14.6 Å². The third-order valence-corrected chi connectivity index (χ3v) is 4.37. The van der Waals surface area contributed by atoms with E-state index in [0.29, 0.717) is 19.0 Å². The zero-order chi connectivity index (χ0) is 19.4. The average molecular weight is 377 g/mol. The van der Waals surface area contributed by atoms with Gasteiger partial charge in [0.15, 0.2) is 0 Å². The van der Waals surface area contributed by atoms with E-state index in [1.165, 1.54) is 5.56 Å². The van der Waals surface area contributed by atoms with Crippen LogP contribution in [0.4, 0.5) is 0 Å². The third-order valence-electron chi connectivity index (χ3n) is 4.37. The molecular formula is C24H27NO3. The molecule has 4 heteroatoms. The van der Waals surface area contributed by atoms with Crippen LogP contribution in [0.25, 0.3) is 0 Å². The quantitative estimate of drug-likeness (QED) is 0.481. The largest absolute Gasteiger partial charge is 0.508 e. The van der Waals surface area contributed by atoms with E-state index in [2.05, 4.69) is 17.4 Å². The highest BCUT2D eigenvalue weighted by molar-refractivity contribution is 5.31. The van der Waals surface area contributed by atoms with Gasteiger partial charge < -0.3 is 19.9 Å². The summed E-state index contributed by atoms with van der Waals surface area (Å²) in [6, 6.07) is 25.2. The maximum Gasteiger partial charge on any atom is 0.120 e. The topological polar surface area (TPSA) is 50.7 Å². The summed E-state index contributed by atoms with van der Waals surface area (Å²) >= 11 is 0. The summed E-state index contributed by atoms with van der Waals surface area (Å²) in [4.78, 5) is 0. The van der Waals surface area contributed by atoms with Crippen molar-refractivity contribution in [3.8, 4) is 17.2 Å². The maximum absolute atomic E-state index is 9.27. The van der Waals surface area contributed by atoms with Gasteiger partial charge in [-0.3, -0.25) is 0 Å². The number of aromatic hydroxyl groups is 1. The van der Waals surface area contributed by atoms with Crippen molar-refractivity contribution >= 4 is 0 Å². The zero-order valence-corrected chi connectivity index (χ0v) is 16.0. The van der Waals surface area contributed by atoms with Crippen molar-refractivity contribution in [3.63, 3.8) is 0 Å². The van der Waals surface area contributed by atoms with Crippen LogP contribution in [0.15, 0.2) is 78.9 Å². The summed E-state index contributed by atoms with van der Waals surface area (Å²) < 4.78 is 11.6. The minimum Gasteiger partial charge on any atom is -0.508 e. The molecule has 0 bridgehead atoms. The lowest BCUT2D eigenvalue weighted by Gasteiger charge is -2.09. The molecule has 146 valence electrons. The van der Waals surface area contributed by atoms with Gasteiger partial charge in [0.05, 0.1) is 6.61 Å². The van der Waals surface area contributed by atoms with Crippen molar-refractivity contribution in [2.75, 3.05) is 19.7 Å². The normalized spacial score (nSPS) is 10.6. The Bertz CT molecular complexity index is 802. The number of nitrogens with one attached hydrogen (secondary N) is 1. The molecule has 0 aliphatic carbocycles. The predicted octanol–water partition coefficient (Wildman–Crippen LogP) is 4.57. The van der Waals surface area contributed by atoms with E-state index in [1.54, 1.807) is 12.1 Å². The number of rotatable bonds is 11. The molecule has 0 atom stereocenters. The van der Waals surface area contributed by atoms with E-state index >= 15 is 0 Å². The van der Waals surface area contributed by atoms with Crippen molar-refractivity contribution in [1.82, 2.24) is 5.32 Å². The van der Waals surface area contributed by atoms with E-state index in [1.807, 2.05) is 54.6 Å². The number of benzene rings is 3. The van der Waals surface area contributed by atoms with Crippen LogP contribution >= 0.6 is 0 Å². The third kappa shape index (κ3) is 6.97. The molecule has 4 nitrogen and oxygen atoms in total. The lowest BCUT2D eigenvalue weighted by Crippen LogP contribution is -2.20. The molecule has 0 unspecified atom stereocenters. The van der Waals surface area contributed by atoms with Gasteiger partial charge in [-0.1, -0.05) is 42.5 Å². The van der Waals surface area contributed by atoms with Gasteiger partial charge >= 0.3 is 0 Å². The van der Waals surface area contributed by atoms with E-state index in [4.69, 9.17) is 9.47 Å². The minimum absolute atomic E-state index is 0.310. The van der Waals surface area contributed by atoms with Crippen molar-refractivity contribution in [1.29, 1.82) is 0 Å². The molecule has 0 saturated carbocycles. The van der Waals surface area contributed by atoms with Gasteiger partial charge in [-0.05, 0) is 73.5 Å². The molecule has 0 saturated heterocycles. The fourth-order valence-electron chi connectivity index (χ4n) is 2.78. The molecule has 0 radical (unpaired) electrons. The van der Waals surface area contributed by atoms with E-state index in [9.17, 15) is 5.11 Å². The Labute approximate surface area is 166 Å². The Kier molecular flexibility index (Phi) is 7.77. The molecule has 0 aliphatic rings. The Morgan fingerprint density at radius 2 is 1.36 bits per heavy atom. The van der Waals surface area contributed by atoms with Gasteiger partial charge in [-0.2, -0.15) is 0 Å². The molecule has 3 aromatic rings. The monoisotopic (exact) mass is 377 g/mol. The summed E-state index contributed by atoms with van der Waals surface area (Å²) in [7, 11) is 0. The number of phenolic OH excluding ortho intramolecular Hbond substituents is 1. The summed E-state index contributed by atoms with van der Waals surface area (Å²) in [5.41, 5.74) is 2.37. The zero-order valence-electron chi connectivity index (χ0n) is 16.0. The predicted molar refractivity (Wildman–Crippen MR) is 112 cm³/mol. The molecule has 3 aromatic carbocycles. The smallest absolute Gasteiger partial charge is 0.120 e. The van der Waals surface area contributed by atoms with Crippen LogP contribution < -0.4 is 14.8 Å². The molecular weight excluding hydrogens is 350 g/mol. The van der Waals surface area contributed by atoms with Gasteiger partial charge in [0.2, 0.25) is 0 Å². The summed E-state index contributed by atoms with van der Waals surface area (Å²) in [6.45, 7) is 3.07. The molecule has 3 rings (SSSR count). The molecule has 0 spiro atoms. The van der Waals surface area contributed by atoms with Crippen molar-refractivity contribution in [3.05, 3.63) is 90.0 Å². The standard InChI is InChI=1S/C24H27NO3/c26-22-9-7-20(8-10-22)15-17-25-16-4-18-27-23-11-13-24(14-12-23)28-19-21-5-2-1-3-6-21/h1-3,5-14,25-26H,4,15-19H2. The van der Waals surface area contributed by atoms with Crippen LogP contribution in [0, 0.1) is 0 Å². The second-order valence-corrected chi connectivity index (χ2v) is 6.61. The Hall–Kier alpha value is -2.98. The van der Waals surface area contributed by atoms with Gasteiger partial charge in [0.25, 0.3) is 0 Å². The van der Waals surface area contributed by atoms with Crippen LogP contribution in [-0.2, 0) is 13.0 Å². The first-order valence-corrected chi connectivity index (χ1v) is 9.68. The van der Waals surface area contributed by atoms with E-state index in [-0.39, 0.29) is 0 Å². The van der Waals surface area contributed by atoms with Gasteiger partial charge in [0, 0.05) is 0 Å². The second kappa shape index (κ2) is 11.0. The van der Waals surface area contributed by atoms with Crippen LogP contribution in [0.2, 0.25) is 0 Å². The first kappa shape index (κ1) is 19.8. The highest BCUT2D eigenvalue weighted by Gasteiger charge is 1.98.